The first kappa shape index (κ1) is 23.7. The van der Waals surface area contributed by atoms with Crippen molar-refractivity contribution in [3.8, 4) is 0 Å². The van der Waals surface area contributed by atoms with Crippen molar-refractivity contribution >= 4 is 29.5 Å². The van der Waals surface area contributed by atoms with E-state index in [1.165, 1.54) is 9.80 Å². The average Bonchev–Trinajstić information content (AvgIpc) is 2.95. The minimum atomic E-state index is -4.86. The van der Waals surface area contributed by atoms with Gasteiger partial charge in [0.25, 0.3) is 5.91 Å². The Morgan fingerprint density at radius 3 is 2.48 bits per heavy atom. The number of carbonyl (C=O) groups excluding carboxylic acids is 2. The number of halogens is 4. The molecule has 6 nitrogen and oxygen atoms in total. The number of pyridine rings is 1. The van der Waals surface area contributed by atoms with Gasteiger partial charge in [-0.15, -0.1) is 0 Å². The van der Waals surface area contributed by atoms with Crippen LogP contribution in [0.4, 0.5) is 34.8 Å². The third kappa shape index (κ3) is 5.46. The number of nitrogens with zero attached hydrogens (tertiary/aromatic N) is 3. The lowest BCUT2D eigenvalue weighted by atomic mass is 10.0. The maximum absolute atomic E-state index is 13.4. The van der Waals surface area contributed by atoms with Crippen LogP contribution in [-0.2, 0) is 17.5 Å². The van der Waals surface area contributed by atoms with Gasteiger partial charge >= 0.3 is 6.18 Å². The first-order chi connectivity index (χ1) is 15.6. The van der Waals surface area contributed by atoms with E-state index in [1.54, 1.807) is 56.7 Å². The van der Waals surface area contributed by atoms with Gasteiger partial charge in [-0.3, -0.25) is 9.59 Å². The van der Waals surface area contributed by atoms with Crippen molar-refractivity contribution in [3.63, 3.8) is 0 Å². The quantitative estimate of drug-likeness (QED) is 0.439. The zero-order chi connectivity index (χ0) is 24.2. The summed E-state index contributed by atoms with van der Waals surface area (Å²) in [5.74, 6) is -1.42. The molecule has 2 heterocycles. The molecule has 2 amide bonds. The van der Waals surface area contributed by atoms with E-state index in [9.17, 15) is 27.2 Å². The van der Waals surface area contributed by atoms with Crippen LogP contribution in [0.1, 0.15) is 21.5 Å². The molecule has 1 aliphatic heterocycles. The van der Waals surface area contributed by atoms with Crippen molar-refractivity contribution in [2.45, 2.75) is 12.7 Å². The fraction of sp³-hybridized carbons (Fsp3) is 0.174. The zero-order valence-electron chi connectivity index (χ0n) is 17.7. The van der Waals surface area contributed by atoms with Crippen LogP contribution < -0.4 is 10.2 Å². The number of para-hydroxylation sites is 2. The highest BCUT2D eigenvalue weighted by molar-refractivity contribution is 6.09. The number of fused-ring (bicyclic) bond motifs is 2. The molecule has 1 aromatic heterocycles. The van der Waals surface area contributed by atoms with Crippen LogP contribution in [0.2, 0.25) is 0 Å². The SMILES string of the molecule is CN(C)C=O.O=C(c1ccc(F)cc1C(F)(F)F)N1Cc2cccnc2Nc2ccccc21. The number of carbonyl (C=O) groups is 2. The molecule has 0 saturated heterocycles. The molecule has 0 atom stereocenters. The fourth-order valence-corrected chi connectivity index (χ4v) is 3.14. The van der Waals surface area contributed by atoms with E-state index >= 15 is 0 Å². The van der Waals surface area contributed by atoms with Crippen LogP contribution in [0, 0.1) is 5.82 Å². The Bertz CT molecular complexity index is 1170. The number of hydrogen-bond donors (Lipinski definition) is 1. The predicted octanol–water partition coefficient (Wildman–Crippen LogP) is 4.85. The summed E-state index contributed by atoms with van der Waals surface area (Å²) in [6, 6.07) is 12.2. The third-order valence-corrected chi connectivity index (χ3v) is 4.64. The van der Waals surface area contributed by atoms with Crippen LogP contribution in [0.5, 0.6) is 0 Å². The number of hydrogen-bond acceptors (Lipinski definition) is 4. The number of anilines is 3. The van der Waals surface area contributed by atoms with Gasteiger partial charge in [0, 0.05) is 25.9 Å². The standard InChI is InChI=1S/C20H13F4N3O.C3H7NO/c21-13-7-8-14(15(10-13)20(22,23)24)19(28)27-11-12-4-3-9-25-18(12)26-16-5-1-2-6-17(16)27;1-4(2)3-5/h1-10H,11H2,(H,25,26);3H,1-2H3. The smallest absolute Gasteiger partial charge is 0.351 e. The summed E-state index contributed by atoms with van der Waals surface area (Å²) in [6.45, 7) is 0.0146. The molecule has 1 N–H and O–H groups in total. The monoisotopic (exact) mass is 460 g/mol. The van der Waals surface area contributed by atoms with E-state index < -0.39 is 29.0 Å². The summed E-state index contributed by atoms with van der Waals surface area (Å²) in [5, 5.41) is 3.11. The molecule has 1 aliphatic rings. The maximum atomic E-state index is 13.4. The Labute approximate surface area is 187 Å². The number of alkyl halides is 3. The average molecular weight is 460 g/mol. The van der Waals surface area contributed by atoms with E-state index in [2.05, 4.69) is 10.3 Å². The Kier molecular flexibility index (Phi) is 6.95. The van der Waals surface area contributed by atoms with Gasteiger partial charge in [-0.2, -0.15) is 13.2 Å². The first-order valence-corrected chi connectivity index (χ1v) is 9.72. The molecule has 172 valence electrons. The predicted molar refractivity (Wildman–Crippen MR) is 116 cm³/mol. The van der Waals surface area contributed by atoms with Crippen molar-refractivity contribution in [2.24, 2.45) is 0 Å². The van der Waals surface area contributed by atoms with Gasteiger partial charge in [0.1, 0.15) is 11.6 Å². The van der Waals surface area contributed by atoms with Crippen molar-refractivity contribution in [1.82, 2.24) is 9.88 Å². The summed E-state index contributed by atoms with van der Waals surface area (Å²) >= 11 is 0. The van der Waals surface area contributed by atoms with Gasteiger partial charge in [0.15, 0.2) is 0 Å². The van der Waals surface area contributed by atoms with E-state index in [0.29, 0.717) is 28.8 Å². The van der Waals surface area contributed by atoms with Gasteiger partial charge in [-0.1, -0.05) is 18.2 Å². The highest BCUT2D eigenvalue weighted by Gasteiger charge is 2.37. The fourth-order valence-electron chi connectivity index (χ4n) is 3.14. The van der Waals surface area contributed by atoms with Crippen molar-refractivity contribution < 1.29 is 27.2 Å². The zero-order valence-corrected chi connectivity index (χ0v) is 17.7. The normalized spacial score (nSPS) is 12.2. The van der Waals surface area contributed by atoms with E-state index in [1.807, 2.05) is 0 Å². The molecule has 33 heavy (non-hydrogen) atoms. The van der Waals surface area contributed by atoms with E-state index in [4.69, 9.17) is 0 Å². The Morgan fingerprint density at radius 1 is 1.12 bits per heavy atom. The van der Waals surface area contributed by atoms with Crippen LogP contribution >= 0.6 is 0 Å². The molecule has 0 spiro atoms. The van der Waals surface area contributed by atoms with E-state index in [0.717, 1.165) is 18.5 Å². The first-order valence-electron chi connectivity index (χ1n) is 9.72. The molecule has 3 aromatic rings. The molecule has 4 rings (SSSR count). The largest absolute Gasteiger partial charge is 0.417 e. The second-order valence-corrected chi connectivity index (χ2v) is 7.30. The molecule has 0 radical (unpaired) electrons. The van der Waals surface area contributed by atoms with Crippen molar-refractivity contribution in [2.75, 3.05) is 24.3 Å². The Balaban J connectivity index is 0.000000555. The van der Waals surface area contributed by atoms with Gasteiger partial charge < -0.3 is 15.1 Å². The second-order valence-electron chi connectivity index (χ2n) is 7.30. The summed E-state index contributed by atoms with van der Waals surface area (Å²) in [4.78, 5) is 29.5. The summed E-state index contributed by atoms with van der Waals surface area (Å²) in [6.07, 6.45) is -2.54. The van der Waals surface area contributed by atoms with Crippen LogP contribution in [0.25, 0.3) is 0 Å². The van der Waals surface area contributed by atoms with Gasteiger partial charge in [-0.05, 0) is 36.4 Å². The topological polar surface area (TPSA) is 65.5 Å². The van der Waals surface area contributed by atoms with Crippen LogP contribution in [0.15, 0.2) is 60.8 Å². The number of benzene rings is 2. The lowest BCUT2D eigenvalue weighted by molar-refractivity contribution is -0.138. The minimum Gasteiger partial charge on any atom is -0.351 e. The van der Waals surface area contributed by atoms with Gasteiger partial charge in [0.05, 0.1) is 29.0 Å². The molecule has 0 fully saturated rings. The van der Waals surface area contributed by atoms with Crippen molar-refractivity contribution in [1.29, 1.82) is 0 Å². The molecule has 10 heteroatoms. The lowest BCUT2D eigenvalue weighted by Gasteiger charge is -2.24. The molecule has 0 aliphatic carbocycles. The highest BCUT2D eigenvalue weighted by atomic mass is 19.4. The minimum absolute atomic E-state index is 0.0146. The number of rotatable bonds is 2. The molecule has 2 aromatic carbocycles. The second kappa shape index (κ2) is 9.68. The summed E-state index contributed by atoms with van der Waals surface area (Å²) < 4.78 is 53.7. The molecular formula is C23H20F4N4O2. The van der Waals surface area contributed by atoms with E-state index in [-0.39, 0.29) is 6.54 Å². The third-order valence-electron chi connectivity index (χ3n) is 4.64. The van der Waals surface area contributed by atoms with Crippen LogP contribution in [0.3, 0.4) is 0 Å². The van der Waals surface area contributed by atoms with Gasteiger partial charge in [-0.25, -0.2) is 9.37 Å². The molecule has 0 unspecified atom stereocenters. The van der Waals surface area contributed by atoms with Crippen LogP contribution in [-0.4, -0.2) is 36.3 Å². The summed E-state index contributed by atoms with van der Waals surface area (Å²) in [5.41, 5.74) is -0.343. The van der Waals surface area contributed by atoms with Gasteiger partial charge in [0.2, 0.25) is 6.41 Å². The number of aromatic nitrogens is 1. The molecule has 0 saturated carbocycles. The molecular weight excluding hydrogens is 440 g/mol. The highest BCUT2D eigenvalue weighted by Crippen LogP contribution is 2.38. The summed E-state index contributed by atoms with van der Waals surface area (Å²) in [7, 11) is 3.38. The number of amides is 2. The Hall–Kier alpha value is -3.95. The van der Waals surface area contributed by atoms with Crippen molar-refractivity contribution in [3.05, 3.63) is 83.3 Å². The Morgan fingerprint density at radius 2 is 1.82 bits per heavy atom. The number of nitrogens with one attached hydrogen (secondary N) is 1. The molecule has 0 bridgehead atoms. The maximum Gasteiger partial charge on any atom is 0.417 e. The lowest BCUT2D eigenvalue weighted by Crippen LogP contribution is -2.32.